The molecular weight excluding hydrogens is 404 g/mol. The number of ketones is 1. The van der Waals surface area contributed by atoms with E-state index in [1.807, 2.05) is 6.92 Å². The van der Waals surface area contributed by atoms with Crippen molar-refractivity contribution in [1.29, 1.82) is 0 Å². The number of rotatable bonds is 8. The molecule has 0 aliphatic carbocycles. The maximum atomic E-state index is 13.0. The summed E-state index contributed by atoms with van der Waals surface area (Å²) in [7, 11) is -0.0121. The predicted octanol–water partition coefficient (Wildman–Crippen LogP) is 2.94. The summed E-state index contributed by atoms with van der Waals surface area (Å²) in [6.45, 7) is 1.84. The molecule has 0 fully saturated rings. The Morgan fingerprint density at radius 2 is 1.90 bits per heavy atom. The third-order valence-electron chi connectivity index (χ3n) is 4.65. The lowest BCUT2D eigenvalue weighted by Gasteiger charge is -2.13. The Balaban J connectivity index is 1.67. The normalized spacial score (nSPS) is 10.7. The van der Waals surface area contributed by atoms with E-state index in [0.29, 0.717) is 27.6 Å². The zero-order valence-electron chi connectivity index (χ0n) is 16.6. The van der Waals surface area contributed by atoms with Crippen molar-refractivity contribution in [1.82, 2.24) is 4.98 Å². The summed E-state index contributed by atoms with van der Waals surface area (Å²) >= 11 is 1.41. The van der Waals surface area contributed by atoms with Gasteiger partial charge >= 0.3 is 7.12 Å². The predicted molar refractivity (Wildman–Crippen MR) is 116 cm³/mol. The van der Waals surface area contributed by atoms with Gasteiger partial charge in [0.25, 0.3) is 0 Å². The summed E-state index contributed by atoms with van der Waals surface area (Å²) in [4.78, 5) is 16.7. The van der Waals surface area contributed by atoms with Crippen molar-refractivity contribution in [2.75, 3.05) is 7.11 Å². The molecule has 3 rings (SSSR count). The minimum atomic E-state index is -1.58. The smallest absolute Gasteiger partial charge is 0.488 e. The van der Waals surface area contributed by atoms with Crippen LogP contribution in [-0.4, -0.2) is 35.0 Å². The van der Waals surface area contributed by atoms with Gasteiger partial charge in [-0.2, -0.15) is 0 Å². The van der Waals surface area contributed by atoms with E-state index in [9.17, 15) is 19.2 Å². The average Bonchev–Trinajstić information content (AvgIpc) is 2.74. The highest BCUT2D eigenvalue weighted by molar-refractivity contribution is 7.98. The second-order valence-electron chi connectivity index (χ2n) is 6.79. The van der Waals surface area contributed by atoms with Crippen LogP contribution in [0.2, 0.25) is 0 Å². The van der Waals surface area contributed by atoms with E-state index < -0.39 is 7.12 Å². The molecule has 0 aliphatic heterocycles. The molecule has 8 heteroatoms. The van der Waals surface area contributed by atoms with Crippen LogP contribution in [0.25, 0.3) is 0 Å². The summed E-state index contributed by atoms with van der Waals surface area (Å²) in [6.07, 6.45) is 1.70. The third-order valence-corrected chi connectivity index (χ3v) is 5.64. The molecule has 0 saturated carbocycles. The topological polar surface area (TPSA) is 79.7 Å². The van der Waals surface area contributed by atoms with Gasteiger partial charge in [0.05, 0.1) is 12.1 Å². The number of carbonyl (C=O) groups is 1. The van der Waals surface area contributed by atoms with Crippen LogP contribution in [-0.2, 0) is 12.2 Å². The monoisotopic (exact) mass is 425 g/mol. The first-order chi connectivity index (χ1) is 14.4. The number of hydrogen-bond donors (Lipinski definition) is 2. The zero-order chi connectivity index (χ0) is 21.7. The molecule has 0 unspecified atom stereocenters. The third kappa shape index (κ3) is 5.47. The Labute approximate surface area is 179 Å². The number of aryl methyl sites for hydroxylation is 1. The number of thioether (sulfide) groups is 1. The number of hydrogen-bond acceptors (Lipinski definition) is 6. The molecule has 0 atom stereocenters. The number of halogens is 1. The quantitative estimate of drug-likeness (QED) is 0.328. The molecule has 0 aliphatic rings. The van der Waals surface area contributed by atoms with Gasteiger partial charge in [-0.25, -0.2) is 9.37 Å². The van der Waals surface area contributed by atoms with Crippen molar-refractivity contribution >= 4 is 30.1 Å². The van der Waals surface area contributed by atoms with Crippen LogP contribution in [0.1, 0.15) is 27.0 Å². The lowest BCUT2D eigenvalue weighted by atomic mass is 9.76. The molecule has 1 aromatic heterocycles. The maximum Gasteiger partial charge on any atom is 0.488 e. The van der Waals surface area contributed by atoms with E-state index >= 15 is 0 Å². The van der Waals surface area contributed by atoms with Crippen molar-refractivity contribution in [3.63, 3.8) is 0 Å². The molecule has 30 heavy (non-hydrogen) atoms. The van der Waals surface area contributed by atoms with Crippen LogP contribution >= 0.6 is 11.8 Å². The van der Waals surface area contributed by atoms with Gasteiger partial charge < -0.3 is 14.8 Å². The van der Waals surface area contributed by atoms with Gasteiger partial charge in [-0.1, -0.05) is 18.2 Å². The van der Waals surface area contributed by atoms with E-state index in [1.54, 1.807) is 43.5 Å². The van der Waals surface area contributed by atoms with Crippen LogP contribution in [0, 0.1) is 12.7 Å². The highest BCUT2D eigenvalue weighted by Crippen LogP contribution is 2.25. The van der Waals surface area contributed by atoms with Crippen LogP contribution in [0.15, 0.2) is 59.8 Å². The largest absolute Gasteiger partial charge is 0.496 e. The Morgan fingerprint density at radius 3 is 2.50 bits per heavy atom. The van der Waals surface area contributed by atoms with E-state index in [-0.39, 0.29) is 18.0 Å². The van der Waals surface area contributed by atoms with E-state index in [1.165, 1.54) is 30.1 Å². The number of methoxy groups -OCH3 is 1. The summed E-state index contributed by atoms with van der Waals surface area (Å²) in [5.41, 5.74) is 3.19. The van der Waals surface area contributed by atoms with Gasteiger partial charge in [0.2, 0.25) is 0 Å². The summed E-state index contributed by atoms with van der Waals surface area (Å²) < 4.78 is 18.3. The average molecular weight is 425 g/mol. The molecule has 0 bridgehead atoms. The Hall–Kier alpha value is -2.68. The summed E-state index contributed by atoms with van der Waals surface area (Å²) in [6, 6.07) is 12.8. The molecule has 0 saturated heterocycles. The van der Waals surface area contributed by atoms with Crippen molar-refractivity contribution in [2.45, 2.75) is 24.1 Å². The van der Waals surface area contributed by atoms with Gasteiger partial charge in [-0.15, -0.1) is 11.8 Å². The minimum Gasteiger partial charge on any atom is -0.496 e. The fraction of sp³-hybridized carbons (Fsp3) is 0.182. The lowest BCUT2D eigenvalue weighted by Crippen LogP contribution is -2.33. The lowest BCUT2D eigenvalue weighted by molar-refractivity contribution is 0.0992. The SMILES string of the molecule is COc1cc(CSc2ccc(C(=O)Cc3ccc(F)cc3)cn2)c(B(O)O)cc1C. The van der Waals surface area contributed by atoms with Crippen molar-refractivity contribution < 1.29 is 24.0 Å². The molecule has 0 radical (unpaired) electrons. The first-order valence-electron chi connectivity index (χ1n) is 9.27. The second kappa shape index (κ2) is 9.89. The highest BCUT2D eigenvalue weighted by atomic mass is 32.2. The van der Waals surface area contributed by atoms with E-state index in [4.69, 9.17) is 4.74 Å². The number of nitrogens with zero attached hydrogens (tertiary/aromatic N) is 1. The fourth-order valence-electron chi connectivity index (χ4n) is 3.01. The van der Waals surface area contributed by atoms with Gasteiger partial charge in [0, 0.05) is 23.9 Å². The van der Waals surface area contributed by atoms with Gasteiger partial charge in [-0.05, 0) is 59.4 Å². The van der Waals surface area contributed by atoms with Crippen molar-refractivity contribution in [3.05, 3.63) is 82.8 Å². The molecule has 3 aromatic rings. The van der Waals surface area contributed by atoms with Crippen LogP contribution in [0.3, 0.4) is 0 Å². The molecule has 0 amide bonds. The molecule has 2 N–H and O–H groups in total. The van der Waals surface area contributed by atoms with Crippen LogP contribution < -0.4 is 10.2 Å². The number of aromatic nitrogens is 1. The highest BCUT2D eigenvalue weighted by Gasteiger charge is 2.19. The molecule has 1 heterocycles. The van der Waals surface area contributed by atoms with Crippen molar-refractivity contribution in [3.8, 4) is 5.75 Å². The fourth-order valence-corrected chi connectivity index (χ4v) is 3.85. The minimum absolute atomic E-state index is 0.0976. The number of carbonyl (C=O) groups excluding carboxylic acids is 1. The Kier molecular flexibility index (Phi) is 7.26. The molecule has 0 spiro atoms. The first kappa shape index (κ1) is 22.0. The number of ether oxygens (including phenoxy) is 1. The van der Waals surface area contributed by atoms with Gasteiger partial charge in [-0.3, -0.25) is 4.79 Å². The number of benzene rings is 2. The molecule has 2 aromatic carbocycles. The zero-order valence-corrected chi connectivity index (χ0v) is 17.4. The van der Waals surface area contributed by atoms with E-state index in [0.717, 1.165) is 16.7 Å². The number of pyridine rings is 1. The number of Topliss-reactive ketones (excluding diaryl/α,β-unsaturated/α-hetero) is 1. The van der Waals surface area contributed by atoms with Crippen LogP contribution in [0.4, 0.5) is 4.39 Å². The van der Waals surface area contributed by atoms with E-state index in [2.05, 4.69) is 4.98 Å². The molecular formula is C22H21BFNO4S. The second-order valence-corrected chi connectivity index (χ2v) is 7.79. The standard InChI is InChI=1S/C22H21BFNO4S/c1-14-9-19(23(27)28)17(11-21(14)29-2)13-30-22-8-5-16(12-25-22)20(26)10-15-3-6-18(24)7-4-15/h3-9,11-12,27-28H,10,13H2,1-2H3. The Morgan fingerprint density at radius 1 is 1.17 bits per heavy atom. The summed E-state index contributed by atoms with van der Waals surface area (Å²) in [5, 5.41) is 20.0. The van der Waals surface area contributed by atoms with Gasteiger partial charge in [0.15, 0.2) is 5.78 Å². The Bertz CT molecular complexity index is 1030. The van der Waals surface area contributed by atoms with Gasteiger partial charge in [0.1, 0.15) is 11.6 Å². The summed E-state index contributed by atoms with van der Waals surface area (Å²) in [5.74, 6) is 0.695. The first-order valence-corrected chi connectivity index (χ1v) is 10.3. The molecule has 5 nitrogen and oxygen atoms in total. The van der Waals surface area contributed by atoms with Crippen LogP contribution in [0.5, 0.6) is 5.75 Å². The molecule has 154 valence electrons. The van der Waals surface area contributed by atoms with Crippen molar-refractivity contribution in [2.24, 2.45) is 0 Å². The maximum absolute atomic E-state index is 13.0.